The van der Waals surface area contributed by atoms with E-state index in [4.69, 9.17) is 9.72 Å². The third-order valence-electron chi connectivity index (χ3n) is 4.75. The molecule has 1 atom stereocenters. The zero-order valence-corrected chi connectivity index (χ0v) is 18.0. The lowest BCUT2D eigenvalue weighted by Crippen LogP contribution is -2.27. The van der Waals surface area contributed by atoms with Crippen molar-refractivity contribution in [1.82, 2.24) is 9.55 Å². The van der Waals surface area contributed by atoms with Gasteiger partial charge in [0.15, 0.2) is 5.16 Å². The number of carbonyl (C=O) groups is 1. The lowest BCUT2D eigenvalue weighted by Gasteiger charge is -2.18. The van der Waals surface area contributed by atoms with Gasteiger partial charge >= 0.3 is 0 Å². The van der Waals surface area contributed by atoms with Gasteiger partial charge in [-0.05, 0) is 49.8 Å². The van der Waals surface area contributed by atoms with Gasteiger partial charge in [-0.1, -0.05) is 30.8 Å². The van der Waals surface area contributed by atoms with E-state index in [1.807, 2.05) is 49.6 Å². The van der Waals surface area contributed by atoms with Crippen LogP contribution in [0.5, 0.6) is 5.75 Å². The van der Waals surface area contributed by atoms with E-state index in [0.29, 0.717) is 39.8 Å². The van der Waals surface area contributed by atoms with Gasteiger partial charge < -0.3 is 10.1 Å². The van der Waals surface area contributed by atoms with Crippen LogP contribution in [0.15, 0.2) is 45.7 Å². The highest BCUT2D eigenvalue weighted by Crippen LogP contribution is 2.38. The van der Waals surface area contributed by atoms with Crippen LogP contribution < -0.4 is 15.6 Å². The molecule has 1 saturated carbocycles. The van der Waals surface area contributed by atoms with Crippen LogP contribution >= 0.6 is 23.1 Å². The fourth-order valence-corrected chi connectivity index (χ4v) is 5.01. The van der Waals surface area contributed by atoms with Gasteiger partial charge in [0.05, 0.1) is 23.1 Å². The molecule has 152 valence electrons. The number of nitrogens with one attached hydrogen (secondary N) is 1. The molecule has 4 rings (SSSR count). The van der Waals surface area contributed by atoms with Gasteiger partial charge in [0, 0.05) is 6.04 Å². The van der Waals surface area contributed by atoms with Crippen molar-refractivity contribution in [3.05, 3.63) is 46.1 Å². The SMILES string of the molecule is CCOc1ccccc1NC(=O)C(CC)Sc1nc2ccsc2c(=O)n1C1CC1. The number of carbonyl (C=O) groups excluding carboxylic acids is 1. The second-order valence-electron chi connectivity index (χ2n) is 6.87. The Labute approximate surface area is 177 Å². The summed E-state index contributed by atoms with van der Waals surface area (Å²) in [4.78, 5) is 30.7. The van der Waals surface area contributed by atoms with Gasteiger partial charge in [0.1, 0.15) is 10.4 Å². The summed E-state index contributed by atoms with van der Waals surface area (Å²) < 4.78 is 8.08. The first-order valence-electron chi connectivity index (χ1n) is 9.81. The minimum Gasteiger partial charge on any atom is -0.492 e. The molecular weight excluding hydrogens is 406 g/mol. The highest BCUT2D eigenvalue weighted by molar-refractivity contribution is 8.00. The number of para-hydroxylation sites is 2. The number of nitrogens with zero attached hydrogens (tertiary/aromatic N) is 2. The first kappa shape index (κ1) is 20.0. The predicted molar refractivity (Wildman–Crippen MR) is 118 cm³/mol. The van der Waals surface area contributed by atoms with E-state index < -0.39 is 0 Å². The number of benzene rings is 1. The molecule has 1 aromatic carbocycles. The van der Waals surface area contributed by atoms with E-state index in [9.17, 15) is 9.59 Å². The number of fused-ring (bicyclic) bond motifs is 1. The Balaban J connectivity index is 1.60. The Kier molecular flexibility index (Phi) is 5.91. The average molecular weight is 430 g/mol. The number of thioether (sulfide) groups is 1. The molecule has 1 aliphatic rings. The standard InChI is InChI=1S/C21H23N3O3S2/c1-3-17(19(25)22-14-7-5-6-8-16(14)27-4-2)29-21-23-15-11-12-28-18(15)20(26)24(21)13-9-10-13/h5-8,11-13,17H,3-4,9-10H2,1-2H3,(H,22,25). The Morgan fingerprint density at radius 1 is 1.34 bits per heavy atom. The lowest BCUT2D eigenvalue weighted by atomic mass is 10.2. The van der Waals surface area contributed by atoms with E-state index in [-0.39, 0.29) is 22.8 Å². The molecular formula is C21H23N3O3S2. The molecule has 1 fully saturated rings. The van der Waals surface area contributed by atoms with Crippen molar-refractivity contribution in [1.29, 1.82) is 0 Å². The molecule has 1 aliphatic carbocycles. The van der Waals surface area contributed by atoms with Crippen LogP contribution in [-0.4, -0.2) is 27.3 Å². The van der Waals surface area contributed by atoms with Crippen LogP contribution in [0.25, 0.3) is 10.2 Å². The van der Waals surface area contributed by atoms with E-state index >= 15 is 0 Å². The number of ether oxygens (including phenoxy) is 1. The summed E-state index contributed by atoms with van der Waals surface area (Å²) in [7, 11) is 0. The molecule has 8 heteroatoms. The molecule has 1 N–H and O–H groups in total. The second kappa shape index (κ2) is 8.59. The summed E-state index contributed by atoms with van der Waals surface area (Å²) in [6, 6.07) is 9.47. The minimum atomic E-state index is -0.363. The summed E-state index contributed by atoms with van der Waals surface area (Å²) in [6.07, 6.45) is 2.59. The second-order valence-corrected chi connectivity index (χ2v) is 8.95. The number of hydrogen-bond acceptors (Lipinski definition) is 6. The van der Waals surface area contributed by atoms with Gasteiger partial charge in [0.25, 0.3) is 5.56 Å². The van der Waals surface area contributed by atoms with Crippen LogP contribution in [0.3, 0.4) is 0 Å². The lowest BCUT2D eigenvalue weighted by molar-refractivity contribution is -0.115. The number of aromatic nitrogens is 2. The highest BCUT2D eigenvalue weighted by Gasteiger charge is 2.31. The molecule has 6 nitrogen and oxygen atoms in total. The van der Waals surface area contributed by atoms with Gasteiger partial charge in [0.2, 0.25) is 5.91 Å². The molecule has 0 spiro atoms. The average Bonchev–Trinajstić information content (AvgIpc) is 3.43. The summed E-state index contributed by atoms with van der Waals surface area (Å²) in [5.74, 6) is 0.530. The number of amides is 1. The number of hydrogen-bond donors (Lipinski definition) is 1. The van der Waals surface area contributed by atoms with Crippen LogP contribution in [0, 0.1) is 0 Å². The number of rotatable bonds is 8. The Morgan fingerprint density at radius 2 is 2.14 bits per heavy atom. The summed E-state index contributed by atoms with van der Waals surface area (Å²) in [5.41, 5.74) is 1.36. The van der Waals surface area contributed by atoms with Gasteiger partial charge in [-0.25, -0.2) is 4.98 Å². The Hall–Kier alpha value is -2.32. The van der Waals surface area contributed by atoms with Crippen molar-refractivity contribution in [2.45, 2.75) is 49.6 Å². The van der Waals surface area contributed by atoms with Crippen molar-refractivity contribution >= 4 is 44.9 Å². The molecule has 3 aromatic rings. The van der Waals surface area contributed by atoms with E-state index in [1.165, 1.54) is 23.1 Å². The molecule has 0 aliphatic heterocycles. The molecule has 0 radical (unpaired) electrons. The molecule has 2 heterocycles. The molecule has 0 bridgehead atoms. The summed E-state index contributed by atoms with van der Waals surface area (Å²) in [5, 5.41) is 5.13. The molecule has 1 unspecified atom stereocenters. The third kappa shape index (κ3) is 4.18. The maximum Gasteiger partial charge on any atom is 0.272 e. The van der Waals surface area contributed by atoms with Crippen molar-refractivity contribution < 1.29 is 9.53 Å². The normalized spacial score (nSPS) is 14.7. The Morgan fingerprint density at radius 3 is 2.86 bits per heavy atom. The van der Waals surface area contributed by atoms with Crippen molar-refractivity contribution in [3.8, 4) is 5.75 Å². The minimum absolute atomic E-state index is 0.00644. The monoisotopic (exact) mass is 429 g/mol. The predicted octanol–water partition coefficient (Wildman–Crippen LogP) is 4.70. The van der Waals surface area contributed by atoms with Crippen molar-refractivity contribution in [2.24, 2.45) is 0 Å². The Bertz CT molecular complexity index is 1090. The third-order valence-corrected chi connectivity index (χ3v) is 6.97. The largest absolute Gasteiger partial charge is 0.492 e. The van der Waals surface area contributed by atoms with Gasteiger partial charge in [-0.15, -0.1) is 11.3 Å². The zero-order valence-electron chi connectivity index (χ0n) is 16.4. The number of anilines is 1. The molecule has 2 aromatic heterocycles. The highest BCUT2D eigenvalue weighted by atomic mass is 32.2. The van der Waals surface area contributed by atoms with Crippen LogP contribution in [-0.2, 0) is 4.79 Å². The van der Waals surface area contributed by atoms with Gasteiger partial charge in [-0.3, -0.25) is 14.2 Å². The molecule has 29 heavy (non-hydrogen) atoms. The van der Waals surface area contributed by atoms with Gasteiger partial charge in [-0.2, -0.15) is 0 Å². The number of thiophene rings is 1. The fraction of sp³-hybridized carbons (Fsp3) is 0.381. The fourth-order valence-electron chi connectivity index (χ4n) is 3.16. The van der Waals surface area contributed by atoms with E-state index in [0.717, 1.165) is 12.8 Å². The molecule has 1 amide bonds. The zero-order chi connectivity index (χ0) is 20.4. The maximum absolute atomic E-state index is 13.0. The first-order valence-corrected chi connectivity index (χ1v) is 11.6. The van der Waals surface area contributed by atoms with Crippen LogP contribution in [0.2, 0.25) is 0 Å². The van der Waals surface area contributed by atoms with E-state index in [1.54, 1.807) is 4.57 Å². The molecule has 0 saturated heterocycles. The first-order chi connectivity index (χ1) is 14.1. The van der Waals surface area contributed by atoms with Crippen LogP contribution in [0.1, 0.15) is 39.2 Å². The topological polar surface area (TPSA) is 73.2 Å². The summed E-state index contributed by atoms with van der Waals surface area (Å²) in [6.45, 7) is 4.40. The smallest absolute Gasteiger partial charge is 0.272 e. The maximum atomic E-state index is 13.0. The van der Waals surface area contributed by atoms with Crippen molar-refractivity contribution in [3.63, 3.8) is 0 Å². The van der Waals surface area contributed by atoms with E-state index in [2.05, 4.69) is 5.32 Å². The van der Waals surface area contributed by atoms with Crippen molar-refractivity contribution in [2.75, 3.05) is 11.9 Å². The summed E-state index contributed by atoms with van der Waals surface area (Å²) >= 11 is 2.79. The quantitative estimate of drug-likeness (QED) is 0.415. The van der Waals surface area contributed by atoms with Crippen LogP contribution in [0.4, 0.5) is 5.69 Å².